The van der Waals surface area contributed by atoms with E-state index in [1.54, 1.807) is 30.3 Å². The van der Waals surface area contributed by atoms with Crippen LogP contribution in [0.4, 0.5) is 0 Å². The molecule has 1 N–H and O–H groups in total. The Bertz CT molecular complexity index is 801. The molecule has 0 aromatic heterocycles. The summed E-state index contributed by atoms with van der Waals surface area (Å²) in [4.78, 5) is 10.8. The number of hydrogen-bond acceptors (Lipinski definition) is 4. The molecule has 118 valence electrons. The van der Waals surface area contributed by atoms with Gasteiger partial charge in [0, 0.05) is 17.8 Å². The second kappa shape index (κ2) is 6.33. The Kier molecular flexibility index (Phi) is 4.68. The highest BCUT2D eigenvalue weighted by Crippen LogP contribution is 2.32. The van der Waals surface area contributed by atoms with E-state index < -0.39 is 22.5 Å². The first-order valence-electron chi connectivity index (χ1n) is 6.70. The van der Waals surface area contributed by atoms with E-state index in [2.05, 4.69) is 0 Å². The molecule has 2 aromatic rings. The van der Waals surface area contributed by atoms with E-state index in [-0.39, 0.29) is 4.90 Å². The number of hydrogen-bond donors (Lipinski definition) is 1. The SMILES string of the molecule is CCOc1ccc(S(=O)(=O)N(C)CC(=O)O)c2ccccc12. The predicted octanol–water partition coefficient (Wildman–Crippen LogP) is 1.94. The molecule has 0 saturated carbocycles. The maximum absolute atomic E-state index is 12.6. The van der Waals surface area contributed by atoms with Gasteiger partial charge in [-0.3, -0.25) is 4.79 Å². The monoisotopic (exact) mass is 323 g/mol. The van der Waals surface area contributed by atoms with Gasteiger partial charge >= 0.3 is 5.97 Å². The Hall–Kier alpha value is -2.12. The zero-order chi connectivity index (χ0) is 16.3. The molecule has 22 heavy (non-hydrogen) atoms. The normalized spacial score (nSPS) is 11.8. The summed E-state index contributed by atoms with van der Waals surface area (Å²) in [6.07, 6.45) is 0. The van der Waals surface area contributed by atoms with Gasteiger partial charge in [0.1, 0.15) is 12.3 Å². The highest BCUT2D eigenvalue weighted by atomic mass is 32.2. The van der Waals surface area contributed by atoms with Gasteiger partial charge in [0.2, 0.25) is 10.0 Å². The molecule has 0 saturated heterocycles. The van der Waals surface area contributed by atoms with Crippen molar-refractivity contribution in [3.63, 3.8) is 0 Å². The minimum Gasteiger partial charge on any atom is -0.493 e. The van der Waals surface area contributed by atoms with Crippen LogP contribution < -0.4 is 4.74 Å². The van der Waals surface area contributed by atoms with Crippen LogP contribution in [0.1, 0.15) is 6.92 Å². The molecule has 0 aliphatic heterocycles. The molecule has 0 aliphatic rings. The minimum atomic E-state index is -3.90. The number of fused-ring (bicyclic) bond motifs is 1. The molecule has 0 fully saturated rings. The third kappa shape index (κ3) is 3.05. The summed E-state index contributed by atoms with van der Waals surface area (Å²) in [5.41, 5.74) is 0. The number of aliphatic carboxylic acids is 1. The van der Waals surface area contributed by atoms with Gasteiger partial charge in [0.15, 0.2) is 0 Å². The lowest BCUT2D eigenvalue weighted by atomic mass is 10.1. The number of sulfonamides is 1. The number of nitrogens with zero attached hydrogens (tertiary/aromatic N) is 1. The number of benzene rings is 2. The Labute approximate surface area is 129 Å². The molecule has 0 bridgehead atoms. The number of ether oxygens (including phenoxy) is 1. The molecular formula is C15H17NO5S. The van der Waals surface area contributed by atoms with Crippen molar-refractivity contribution in [2.75, 3.05) is 20.2 Å². The Balaban J connectivity index is 2.62. The lowest BCUT2D eigenvalue weighted by molar-refractivity contribution is -0.137. The van der Waals surface area contributed by atoms with Crippen molar-refractivity contribution in [3.05, 3.63) is 36.4 Å². The fourth-order valence-corrected chi connectivity index (χ4v) is 3.51. The Morgan fingerprint density at radius 2 is 1.82 bits per heavy atom. The van der Waals surface area contributed by atoms with Gasteiger partial charge in [-0.2, -0.15) is 4.31 Å². The van der Waals surface area contributed by atoms with E-state index in [4.69, 9.17) is 9.84 Å². The molecule has 2 rings (SSSR count). The van der Waals surface area contributed by atoms with Crippen molar-refractivity contribution < 1.29 is 23.1 Å². The van der Waals surface area contributed by atoms with Crippen molar-refractivity contribution in [1.29, 1.82) is 0 Å². The maximum atomic E-state index is 12.6. The highest BCUT2D eigenvalue weighted by molar-refractivity contribution is 7.89. The molecule has 0 amide bonds. The van der Waals surface area contributed by atoms with E-state index >= 15 is 0 Å². The summed E-state index contributed by atoms with van der Waals surface area (Å²) >= 11 is 0. The van der Waals surface area contributed by atoms with Crippen LogP contribution in [0.5, 0.6) is 5.75 Å². The molecule has 6 nitrogen and oxygen atoms in total. The van der Waals surface area contributed by atoms with Crippen LogP contribution in [0.2, 0.25) is 0 Å². The minimum absolute atomic E-state index is 0.0651. The zero-order valence-corrected chi connectivity index (χ0v) is 13.1. The highest BCUT2D eigenvalue weighted by Gasteiger charge is 2.25. The van der Waals surface area contributed by atoms with E-state index in [1.165, 1.54) is 13.1 Å². The number of carboxylic acids is 1. The number of likely N-dealkylation sites (N-methyl/N-ethyl adjacent to an activating group) is 1. The van der Waals surface area contributed by atoms with Crippen molar-refractivity contribution in [2.24, 2.45) is 0 Å². The van der Waals surface area contributed by atoms with Crippen LogP contribution in [0, 0.1) is 0 Å². The smallest absolute Gasteiger partial charge is 0.318 e. The predicted molar refractivity (Wildman–Crippen MR) is 82.6 cm³/mol. The Morgan fingerprint density at radius 1 is 1.18 bits per heavy atom. The van der Waals surface area contributed by atoms with Crippen LogP contribution in [-0.4, -0.2) is 44.0 Å². The summed E-state index contributed by atoms with van der Waals surface area (Å²) in [6.45, 7) is 1.72. The maximum Gasteiger partial charge on any atom is 0.318 e. The summed E-state index contributed by atoms with van der Waals surface area (Å²) < 4.78 is 31.5. The summed E-state index contributed by atoms with van der Waals surface area (Å²) in [5.74, 6) is -0.612. The van der Waals surface area contributed by atoms with Crippen LogP contribution in [0.15, 0.2) is 41.3 Å². The molecule has 0 spiro atoms. The quantitative estimate of drug-likeness (QED) is 0.878. The first-order chi connectivity index (χ1) is 10.4. The largest absolute Gasteiger partial charge is 0.493 e. The standard InChI is InChI=1S/C15H17NO5S/c1-3-21-13-8-9-14(12-7-5-4-6-11(12)13)22(19,20)16(2)10-15(17)18/h4-9H,3,10H2,1-2H3,(H,17,18). The van der Waals surface area contributed by atoms with Crippen LogP contribution in [0.25, 0.3) is 10.8 Å². The number of rotatable bonds is 6. The molecule has 7 heteroatoms. The average Bonchev–Trinajstić information content (AvgIpc) is 2.47. The second-order valence-electron chi connectivity index (χ2n) is 4.70. The summed E-state index contributed by atoms with van der Waals surface area (Å²) in [5, 5.41) is 9.98. The van der Waals surface area contributed by atoms with Gasteiger partial charge in [-0.05, 0) is 19.1 Å². The third-order valence-corrected chi connectivity index (χ3v) is 5.05. The van der Waals surface area contributed by atoms with E-state index in [1.807, 2.05) is 6.92 Å². The van der Waals surface area contributed by atoms with Gasteiger partial charge < -0.3 is 9.84 Å². The summed E-state index contributed by atoms with van der Waals surface area (Å²) in [6, 6.07) is 10.0. The molecule has 2 aromatic carbocycles. The van der Waals surface area contributed by atoms with Gasteiger partial charge in [0.05, 0.1) is 11.5 Å². The molecule has 0 atom stereocenters. The number of carbonyl (C=O) groups is 1. The van der Waals surface area contributed by atoms with Crippen LogP contribution in [0.3, 0.4) is 0 Å². The van der Waals surface area contributed by atoms with Crippen molar-refractivity contribution in [2.45, 2.75) is 11.8 Å². The van der Waals surface area contributed by atoms with Gasteiger partial charge in [0.25, 0.3) is 0 Å². The summed E-state index contributed by atoms with van der Waals surface area (Å²) in [7, 11) is -2.65. The lowest BCUT2D eigenvalue weighted by Crippen LogP contribution is -2.32. The fraction of sp³-hybridized carbons (Fsp3) is 0.267. The van der Waals surface area contributed by atoms with Crippen molar-refractivity contribution in [3.8, 4) is 5.75 Å². The van der Waals surface area contributed by atoms with Gasteiger partial charge in [-0.25, -0.2) is 8.42 Å². The van der Waals surface area contributed by atoms with E-state index in [9.17, 15) is 13.2 Å². The first kappa shape index (κ1) is 16.3. The topological polar surface area (TPSA) is 83.9 Å². The van der Waals surface area contributed by atoms with Crippen LogP contribution in [-0.2, 0) is 14.8 Å². The van der Waals surface area contributed by atoms with Gasteiger partial charge in [-0.15, -0.1) is 0 Å². The fourth-order valence-electron chi connectivity index (χ4n) is 2.19. The molecular weight excluding hydrogens is 306 g/mol. The van der Waals surface area contributed by atoms with E-state index in [0.717, 1.165) is 4.31 Å². The molecule has 0 heterocycles. The average molecular weight is 323 g/mol. The molecule has 0 aliphatic carbocycles. The van der Waals surface area contributed by atoms with E-state index in [0.29, 0.717) is 23.1 Å². The van der Waals surface area contributed by atoms with Crippen molar-refractivity contribution >= 4 is 26.8 Å². The van der Waals surface area contributed by atoms with Gasteiger partial charge in [-0.1, -0.05) is 24.3 Å². The zero-order valence-electron chi connectivity index (χ0n) is 12.3. The Morgan fingerprint density at radius 3 is 2.41 bits per heavy atom. The second-order valence-corrected chi connectivity index (χ2v) is 6.71. The first-order valence-corrected chi connectivity index (χ1v) is 8.14. The van der Waals surface area contributed by atoms with Crippen molar-refractivity contribution in [1.82, 2.24) is 4.31 Å². The molecule has 0 unspecified atom stereocenters. The number of carboxylic acid groups (broad SMARTS) is 1. The lowest BCUT2D eigenvalue weighted by Gasteiger charge is -2.17. The van der Waals surface area contributed by atoms with Crippen LogP contribution >= 0.6 is 0 Å². The third-order valence-electron chi connectivity index (χ3n) is 3.19. The molecule has 0 radical (unpaired) electrons.